The molecule has 0 saturated heterocycles. The molecule has 1 amide bonds. The first-order chi connectivity index (χ1) is 11.2. The number of nitrogens with one attached hydrogen (secondary N) is 1. The second-order valence-corrected chi connectivity index (χ2v) is 4.66. The van der Waals surface area contributed by atoms with E-state index < -0.39 is 0 Å². The second-order valence-electron chi connectivity index (χ2n) is 4.66. The molecule has 0 aliphatic heterocycles. The zero-order chi connectivity index (χ0) is 16.1. The van der Waals surface area contributed by atoms with E-state index in [9.17, 15) is 4.79 Å². The van der Waals surface area contributed by atoms with Gasteiger partial charge in [-0.1, -0.05) is 18.2 Å². The lowest BCUT2D eigenvalue weighted by Crippen LogP contribution is -2.20. The Labute approximate surface area is 131 Å². The summed E-state index contributed by atoms with van der Waals surface area (Å²) in [5.74, 6) is -0.360. The average molecular weight is 307 g/mol. The Morgan fingerprint density at radius 1 is 1.22 bits per heavy atom. The normalized spacial score (nSPS) is 11.3. The summed E-state index contributed by atoms with van der Waals surface area (Å²) >= 11 is 0. The van der Waals surface area contributed by atoms with Crippen LogP contribution < -0.4 is 5.43 Å². The summed E-state index contributed by atoms with van der Waals surface area (Å²) in [5.41, 5.74) is 5.11. The van der Waals surface area contributed by atoms with Crippen LogP contribution in [0.2, 0.25) is 0 Å². The number of hydrazone groups is 1. The zero-order valence-electron chi connectivity index (χ0n) is 12.3. The van der Waals surface area contributed by atoms with Crippen LogP contribution in [0.5, 0.6) is 0 Å². The lowest BCUT2D eigenvalue weighted by molar-refractivity contribution is 0.0950. The second kappa shape index (κ2) is 6.56. The molecule has 23 heavy (non-hydrogen) atoms. The highest BCUT2D eigenvalue weighted by molar-refractivity contribution is 6.00. The third-order valence-corrected chi connectivity index (χ3v) is 3.10. The van der Waals surface area contributed by atoms with E-state index in [2.05, 4.69) is 31.0 Å². The van der Waals surface area contributed by atoms with Gasteiger partial charge in [-0.05, 0) is 47.2 Å². The molecule has 3 aromatic rings. The number of amides is 1. The summed E-state index contributed by atoms with van der Waals surface area (Å²) in [6.07, 6.45) is 3.07. The van der Waals surface area contributed by atoms with Gasteiger partial charge in [-0.2, -0.15) is 5.10 Å². The van der Waals surface area contributed by atoms with Crippen molar-refractivity contribution in [2.45, 2.75) is 6.92 Å². The molecule has 8 nitrogen and oxygen atoms in total. The number of hydrogen-bond donors (Lipinski definition) is 1. The van der Waals surface area contributed by atoms with Gasteiger partial charge in [-0.15, -0.1) is 5.10 Å². The number of nitrogens with zero attached hydrogens (tertiary/aromatic N) is 6. The Hall–Kier alpha value is -3.42. The minimum Gasteiger partial charge on any atom is -0.266 e. The minimum atomic E-state index is -0.360. The maximum Gasteiger partial charge on any atom is 0.289 e. The number of benzene rings is 1. The molecule has 0 spiro atoms. The van der Waals surface area contributed by atoms with Crippen molar-refractivity contribution in [1.29, 1.82) is 0 Å². The van der Waals surface area contributed by atoms with Gasteiger partial charge in [0.05, 0.1) is 11.4 Å². The standard InChI is InChI=1S/C15H13N7O/c1-11(18-19-15(23)14-7-2-3-8-16-14)12-5-4-6-13(9-12)22-10-17-20-21-22/h2-10H,1H3,(H,19,23)/b18-11-. The molecule has 0 bridgehead atoms. The Morgan fingerprint density at radius 2 is 2.13 bits per heavy atom. The summed E-state index contributed by atoms with van der Waals surface area (Å²) in [6.45, 7) is 1.80. The highest BCUT2D eigenvalue weighted by atomic mass is 16.2. The number of carbonyl (C=O) groups excluding carboxylic acids is 1. The largest absolute Gasteiger partial charge is 0.289 e. The van der Waals surface area contributed by atoms with E-state index in [0.717, 1.165) is 11.3 Å². The van der Waals surface area contributed by atoms with Gasteiger partial charge in [0.1, 0.15) is 12.0 Å². The van der Waals surface area contributed by atoms with Crippen LogP contribution in [0.25, 0.3) is 5.69 Å². The molecule has 1 aromatic carbocycles. The van der Waals surface area contributed by atoms with E-state index in [1.54, 1.807) is 36.0 Å². The molecule has 0 atom stereocenters. The number of rotatable bonds is 4. The first-order valence-electron chi connectivity index (χ1n) is 6.83. The quantitative estimate of drug-likeness (QED) is 0.577. The lowest BCUT2D eigenvalue weighted by Gasteiger charge is -2.05. The van der Waals surface area contributed by atoms with Crippen LogP contribution in [-0.2, 0) is 0 Å². The number of tetrazole rings is 1. The monoisotopic (exact) mass is 307 g/mol. The predicted octanol–water partition coefficient (Wildman–Crippen LogP) is 1.21. The summed E-state index contributed by atoms with van der Waals surface area (Å²) in [4.78, 5) is 15.9. The van der Waals surface area contributed by atoms with Crippen LogP contribution in [-0.4, -0.2) is 36.8 Å². The fraction of sp³-hybridized carbons (Fsp3) is 0.0667. The molecule has 0 unspecified atom stereocenters. The third-order valence-electron chi connectivity index (χ3n) is 3.10. The molecule has 2 heterocycles. The maximum absolute atomic E-state index is 11.9. The molecule has 8 heteroatoms. The molecule has 0 radical (unpaired) electrons. The summed E-state index contributed by atoms with van der Waals surface area (Å²) in [5, 5.41) is 15.2. The highest BCUT2D eigenvalue weighted by Crippen LogP contribution is 2.09. The molecule has 114 valence electrons. The first kappa shape index (κ1) is 14.5. The number of aromatic nitrogens is 5. The van der Waals surface area contributed by atoms with E-state index in [0.29, 0.717) is 11.4 Å². The fourth-order valence-electron chi connectivity index (χ4n) is 1.91. The van der Waals surface area contributed by atoms with Crippen LogP contribution in [0.15, 0.2) is 60.1 Å². The molecule has 0 aliphatic carbocycles. The van der Waals surface area contributed by atoms with Gasteiger partial charge >= 0.3 is 0 Å². The number of hydrogen-bond acceptors (Lipinski definition) is 6. The van der Waals surface area contributed by atoms with Crippen molar-refractivity contribution in [2.75, 3.05) is 0 Å². The van der Waals surface area contributed by atoms with Crippen molar-refractivity contribution < 1.29 is 4.79 Å². The predicted molar refractivity (Wildman–Crippen MR) is 83.1 cm³/mol. The van der Waals surface area contributed by atoms with Gasteiger partial charge in [0, 0.05) is 6.20 Å². The molecule has 0 aliphatic rings. The van der Waals surface area contributed by atoms with Crippen LogP contribution >= 0.6 is 0 Å². The zero-order valence-corrected chi connectivity index (χ0v) is 12.3. The van der Waals surface area contributed by atoms with Gasteiger partial charge in [-0.3, -0.25) is 9.78 Å². The van der Waals surface area contributed by atoms with Crippen molar-refractivity contribution in [1.82, 2.24) is 30.6 Å². The fourth-order valence-corrected chi connectivity index (χ4v) is 1.91. The van der Waals surface area contributed by atoms with Gasteiger partial charge in [0.15, 0.2) is 0 Å². The van der Waals surface area contributed by atoms with E-state index >= 15 is 0 Å². The highest BCUT2D eigenvalue weighted by Gasteiger charge is 2.06. The van der Waals surface area contributed by atoms with E-state index in [-0.39, 0.29) is 5.91 Å². The molecular weight excluding hydrogens is 294 g/mol. The Morgan fingerprint density at radius 3 is 2.87 bits per heavy atom. The Bertz CT molecular complexity index is 828. The van der Waals surface area contributed by atoms with Crippen LogP contribution in [0.4, 0.5) is 0 Å². The molecular formula is C15H13N7O. The van der Waals surface area contributed by atoms with Crippen LogP contribution in [0, 0.1) is 0 Å². The maximum atomic E-state index is 11.9. The lowest BCUT2D eigenvalue weighted by atomic mass is 10.1. The number of pyridine rings is 1. The Balaban J connectivity index is 1.76. The van der Waals surface area contributed by atoms with Crippen molar-refractivity contribution in [3.8, 4) is 5.69 Å². The van der Waals surface area contributed by atoms with Crippen molar-refractivity contribution >= 4 is 11.6 Å². The molecule has 0 fully saturated rings. The van der Waals surface area contributed by atoms with Crippen molar-refractivity contribution in [3.05, 3.63) is 66.2 Å². The SMILES string of the molecule is C/C(=N/NC(=O)c1ccccn1)c1cccc(-n2cnnn2)c1. The van der Waals surface area contributed by atoms with Gasteiger partial charge in [0.2, 0.25) is 0 Å². The topological polar surface area (TPSA) is 98.0 Å². The van der Waals surface area contributed by atoms with E-state index in [4.69, 9.17) is 0 Å². The van der Waals surface area contributed by atoms with Gasteiger partial charge < -0.3 is 0 Å². The summed E-state index contributed by atoms with van der Waals surface area (Å²) in [6, 6.07) is 12.6. The van der Waals surface area contributed by atoms with E-state index in [1.165, 1.54) is 6.33 Å². The molecule has 1 N–H and O–H groups in total. The van der Waals surface area contributed by atoms with Crippen molar-refractivity contribution in [3.63, 3.8) is 0 Å². The molecule has 3 rings (SSSR count). The van der Waals surface area contributed by atoms with Gasteiger partial charge in [0.25, 0.3) is 5.91 Å². The smallest absolute Gasteiger partial charge is 0.266 e. The first-order valence-corrected chi connectivity index (χ1v) is 6.83. The Kier molecular flexibility index (Phi) is 4.14. The van der Waals surface area contributed by atoms with Crippen LogP contribution in [0.1, 0.15) is 23.0 Å². The third kappa shape index (κ3) is 3.43. The average Bonchev–Trinajstić information content (AvgIpc) is 3.15. The number of carbonyl (C=O) groups is 1. The van der Waals surface area contributed by atoms with Crippen molar-refractivity contribution in [2.24, 2.45) is 5.10 Å². The van der Waals surface area contributed by atoms with Gasteiger partial charge in [-0.25, -0.2) is 10.1 Å². The molecule has 0 saturated carbocycles. The minimum absolute atomic E-state index is 0.312. The summed E-state index contributed by atoms with van der Waals surface area (Å²) in [7, 11) is 0. The molecule has 2 aromatic heterocycles. The van der Waals surface area contributed by atoms with Crippen LogP contribution in [0.3, 0.4) is 0 Å². The van der Waals surface area contributed by atoms with E-state index in [1.807, 2.05) is 24.3 Å². The summed E-state index contributed by atoms with van der Waals surface area (Å²) < 4.78 is 1.54.